The van der Waals surface area contributed by atoms with Gasteiger partial charge in [-0.2, -0.15) is 4.68 Å². The van der Waals surface area contributed by atoms with Gasteiger partial charge in [-0.05, 0) is 25.7 Å². The van der Waals surface area contributed by atoms with Crippen molar-refractivity contribution in [3.8, 4) is 0 Å². The first-order valence-electron chi connectivity index (χ1n) is 6.44. The van der Waals surface area contributed by atoms with Crippen LogP contribution in [0.4, 0.5) is 0 Å². The van der Waals surface area contributed by atoms with Gasteiger partial charge in [0.15, 0.2) is 0 Å². The Hall–Kier alpha value is -1.23. The van der Waals surface area contributed by atoms with Crippen molar-refractivity contribution < 1.29 is 0 Å². The van der Waals surface area contributed by atoms with Crippen LogP contribution in [0.2, 0.25) is 5.15 Å². The number of nitrogens with one attached hydrogen (secondary N) is 1. The molecule has 0 aliphatic carbocycles. The average molecular weight is 272 g/mol. The molecule has 18 heavy (non-hydrogen) atoms. The summed E-state index contributed by atoms with van der Waals surface area (Å²) in [6, 6.07) is 0. The van der Waals surface area contributed by atoms with E-state index in [1.54, 1.807) is 0 Å². The van der Waals surface area contributed by atoms with Crippen molar-refractivity contribution in [2.45, 2.75) is 39.0 Å². The predicted octanol–water partition coefficient (Wildman–Crippen LogP) is 1.26. The van der Waals surface area contributed by atoms with Gasteiger partial charge in [0.2, 0.25) is 0 Å². The van der Waals surface area contributed by atoms with Crippen LogP contribution in [0, 0.1) is 0 Å². The molecule has 0 spiro atoms. The maximum Gasteiger partial charge on any atom is 0.348 e. The number of hydrogen-bond donors (Lipinski definition) is 1. The Morgan fingerprint density at radius 2 is 1.89 bits per heavy atom. The fraction of sp³-hybridized carbons (Fsp3) is 0.667. The Morgan fingerprint density at radius 1 is 1.22 bits per heavy atom. The number of aromatic nitrogens is 2. The second kappa shape index (κ2) is 5.61. The molecular formula is C12H18ClN3O2. The lowest BCUT2D eigenvalue weighted by atomic mass is 10.1. The smallest absolute Gasteiger partial charge is 0.306 e. The Morgan fingerprint density at radius 3 is 2.50 bits per heavy atom. The van der Waals surface area contributed by atoms with Crippen LogP contribution in [0.25, 0.3) is 0 Å². The van der Waals surface area contributed by atoms with Crippen LogP contribution in [0.1, 0.15) is 38.2 Å². The molecule has 2 heterocycles. The van der Waals surface area contributed by atoms with Crippen LogP contribution in [-0.4, -0.2) is 22.7 Å². The average Bonchev–Trinajstić information content (AvgIpc) is 2.35. The van der Waals surface area contributed by atoms with Gasteiger partial charge in [-0.3, -0.25) is 9.78 Å². The summed E-state index contributed by atoms with van der Waals surface area (Å²) < 4.78 is 1.22. The van der Waals surface area contributed by atoms with Crippen molar-refractivity contribution in [2.24, 2.45) is 0 Å². The van der Waals surface area contributed by atoms with Gasteiger partial charge in [0.1, 0.15) is 5.15 Å². The molecule has 0 amide bonds. The van der Waals surface area contributed by atoms with Crippen LogP contribution >= 0.6 is 11.6 Å². The zero-order valence-electron chi connectivity index (χ0n) is 10.5. The summed E-state index contributed by atoms with van der Waals surface area (Å²) in [7, 11) is 0. The number of piperidine rings is 1. The summed E-state index contributed by atoms with van der Waals surface area (Å²) in [6.07, 6.45) is 4.58. The van der Waals surface area contributed by atoms with Gasteiger partial charge in [-0.15, -0.1) is 0 Å². The van der Waals surface area contributed by atoms with Crippen molar-refractivity contribution in [1.29, 1.82) is 0 Å². The zero-order chi connectivity index (χ0) is 13.1. The molecule has 1 aliphatic heterocycles. The van der Waals surface area contributed by atoms with Gasteiger partial charge >= 0.3 is 5.69 Å². The van der Waals surface area contributed by atoms with Crippen LogP contribution in [0.5, 0.6) is 0 Å². The van der Waals surface area contributed by atoms with Crippen LogP contribution in [-0.2, 0) is 6.42 Å². The number of nitrogens with zero attached hydrogens (tertiary/aromatic N) is 2. The standard InChI is InChI=1S/C12H18ClN3O2/c1-2-6-9-10(13)14-12(18)16(11(9)17)15-7-4-3-5-8-15/h2-8H2,1H3,(H,14,18). The lowest BCUT2D eigenvalue weighted by Gasteiger charge is -2.29. The Kier molecular flexibility index (Phi) is 4.11. The third-order valence-electron chi connectivity index (χ3n) is 3.24. The fourth-order valence-electron chi connectivity index (χ4n) is 2.34. The van der Waals surface area contributed by atoms with Gasteiger partial charge in [0.05, 0.1) is 5.56 Å². The minimum absolute atomic E-state index is 0.181. The molecule has 0 aromatic carbocycles. The Balaban J connectivity index is 2.49. The molecule has 0 radical (unpaired) electrons. The summed E-state index contributed by atoms with van der Waals surface area (Å²) in [5.41, 5.74) is -0.205. The fourth-order valence-corrected chi connectivity index (χ4v) is 2.59. The van der Waals surface area contributed by atoms with Crippen molar-refractivity contribution in [1.82, 2.24) is 9.66 Å². The Bertz CT molecular complexity index is 529. The van der Waals surface area contributed by atoms with Crippen molar-refractivity contribution in [3.63, 3.8) is 0 Å². The lowest BCUT2D eigenvalue weighted by Crippen LogP contribution is -2.53. The molecule has 2 rings (SSSR count). The number of aromatic amines is 1. The molecule has 0 bridgehead atoms. The number of H-pyrrole nitrogens is 1. The molecule has 1 fully saturated rings. The van der Waals surface area contributed by atoms with Crippen LogP contribution in [0.3, 0.4) is 0 Å². The molecule has 1 saturated heterocycles. The lowest BCUT2D eigenvalue weighted by molar-refractivity contribution is 0.454. The van der Waals surface area contributed by atoms with E-state index in [1.165, 1.54) is 4.68 Å². The highest BCUT2D eigenvalue weighted by Crippen LogP contribution is 2.10. The molecule has 0 atom stereocenters. The highest BCUT2D eigenvalue weighted by Gasteiger charge is 2.18. The number of halogens is 1. The second-order valence-corrected chi connectivity index (χ2v) is 4.98. The van der Waals surface area contributed by atoms with Crippen molar-refractivity contribution in [3.05, 3.63) is 31.6 Å². The zero-order valence-corrected chi connectivity index (χ0v) is 11.3. The van der Waals surface area contributed by atoms with E-state index in [9.17, 15) is 9.59 Å². The molecule has 6 heteroatoms. The van der Waals surface area contributed by atoms with Crippen molar-refractivity contribution in [2.75, 3.05) is 18.1 Å². The molecular weight excluding hydrogens is 254 g/mol. The minimum atomic E-state index is -0.438. The first-order chi connectivity index (χ1) is 8.65. The van der Waals surface area contributed by atoms with Gasteiger partial charge in [-0.25, -0.2) is 4.79 Å². The van der Waals surface area contributed by atoms with E-state index in [0.29, 0.717) is 12.0 Å². The van der Waals surface area contributed by atoms with Gasteiger partial charge in [0, 0.05) is 13.1 Å². The van der Waals surface area contributed by atoms with E-state index in [0.717, 1.165) is 38.8 Å². The Labute approximate surface area is 110 Å². The summed E-state index contributed by atoms with van der Waals surface area (Å²) in [5, 5.41) is 2.00. The summed E-state index contributed by atoms with van der Waals surface area (Å²) >= 11 is 5.94. The van der Waals surface area contributed by atoms with E-state index in [2.05, 4.69) is 4.98 Å². The molecule has 0 saturated carbocycles. The van der Waals surface area contributed by atoms with Gasteiger partial charge < -0.3 is 5.01 Å². The van der Waals surface area contributed by atoms with E-state index < -0.39 is 5.69 Å². The minimum Gasteiger partial charge on any atom is -0.306 e. The molecule has 1 aromatic rings. The van der Waals surface area contributed by atoms with Gasteiger partial charge in [0.25, 0.3) is 5.56 Å². The van der Waals surface area contributed by atoms with Crippen LogP contribution < -0.4 is 16.3 Å². The molecule has 1 aromatic heterocycles. The third-order valence-corrected chi connectivity index (χ3v) is 3.56. The van der Waals surface area contributed by atoms with E-state index in [1.807, 2.05) is 11.9 Å². The maximum atomic E-state index is 12.3. The highest BCUT2D eigenvalue weighted by atomic mass is 35.5. The summed E-state index contributed by atoms with van der Waals surface area (Å²) in [4.78, 5) is 26.8. The first-order valence-corrected chi connectivity index (χ1v) is 6.82. The topological polar surface area (TPSA) is 58.1 Å². The van der Waals surface area contributed by atoms with E-state index in [4.69, 9.17) is 11.6 Å². The molecule has 100 valence electrons. The third kappa shape index (κ3) is 2.46. The molecule has 1 aliphatic rings. The normalized spacial score (nSPS) is 16.0. The monoisotopic (exact) mass is 271 g/mol. The first kappa shape index (κ1) is 13.2. The predicted molar refractivity (Wildman–Crippen MR) is 72.1 cm³/mol. The van der Waals surface area contributed by atoms with E-state index >= 15 is 0 Å². The van der Waals surface area contributed by atoms with E-state index in [-0.39, 0.29) is 10.7 Å². The number of rotatable bonds is 3. The van der Waals surface area contributed by atoms with Crippen molar-refractivity contribution >= 4 is 11.6 Å². The number of hydrogen-bond acceptors (Lipinski definition) is 3. The second-order valence-electron chi connectivity index (χ2n) is 4.60. The largest absolute Gasteiger partial charge is 0.348 e. The van der Waals surface area contributed by atoms with Gasteiger partial charge in [-0.1, -0.05) is 24.9 Å². The highest BCUT2D eigenvalue weighted by molar-refractivity contribution is 6.30. The molecule has 5 nitrogen and oxygen atoms in total. The SMILES string of the molecule is CCCc1c(Cl)[nH]c(=O)n(N2CCCCC2)c1=O. The quantitative estimate of drug-likeness (QED) is 0.842. The molecule has 1 N–H and O–H groups in total. The maximum absolute atomic E-state index is 12.3. The summed E-state index contributed by atoms with van der Waals surface area (Å²) in [5.74, 6) is 0. The van der Waals surface area contributed by atoms with Crippen LogP contribution in [0.15, 0.2) is 9.59 Å². The molecule has 0 unspecified atom stereocenters. The summed E-state index contributed by atoms with van der Waals surface area (Å²) in [6.45, 7) is 3.47.